The predicted octanol–water partition coefficient (Wildman–Crippen LogP) is 1.62. The van der Waals surface area contributed by atoms with Gasteiger partial charge in [0, 0.05) is 6.54 Å². The number of alkyl carbamates (subject to hydrolysis) is 1. The van der Waals surface area contributed by atoms with Gasteiger partial charge in [-0.2, -0.15) is 0 Å². The number of aliphatic hydroxyl groups excluding tert-OH is 2. The highest BCUT2D eigenvalue weighted by atomic mass is 16.6. The van der Waals surface area contributed by atoms with Crippen molar-refractivity contribution in [3.8, 4) is 18.1 Å². The van der Waals surface area contributed by atoms with Crippen LogP contribution < -0.4 is 10.1 Å². The van der Waals surface area contributed by atoms with Crippen LogP contribution in [0.4, 0.5) is 4.79 Å². The lowest BCUT2D eigenvalue weighted by atomic mass is 10.0. The van der Waals surface area contributed by atoms with Crippen LogP contribution in [0.1, 0.15) is 32.4 Å². The number of carbonyl (C=O) groups is 1. The summed E-state index contributed by atoms with van der Waals surface area (Å²) in [4.78, 5) is 11.5. The molecule has 0 aromatic heterocycles. The van der Waals surface area contributed by atoms with Crippen molar-refractivity contribution in [2.75, 3.05) is 13.2 Å². The molecule has 0 aliphatic rings. The molecule has 1 amide bonds. The Hall–Kier alpha value is -2.23. The molecule has 6 nitrogen and oxygen atoms in total. The van der Waals surface area contributed by atoms with Gasteiger partial charge in [-0.1, -0.05) is 18.1 Å². The van der Waals surface area contributed by atoms with Gasteiger partial charge in [-0.25, -0.2) is 4.79 Å². The van der Waals surface area contributed by atoms with E-state index >= 15 is 0 Å². The number of benzene rings is 1. The summed E-state index contributed by atoms with van der Waals surface area (Å²) >= 11 is 0. The van der Waals surface area contributed by atoms with Crippen LogP contribution in [0.3, 0.4) is 0 Å². The fraction of sp³-hybridized carbons (Fsp3) is 0.471. The van der Waals surface area contributed by atoms with Gasteiger partial charge in [-0.05, 0) is 38.5 Å². The van der Waals surface area contributed by atoms with Crippen molar-refractivity contribution in [2.24, 2.45) is 0 Å². The highest BCUT2D eigenvalue weighted by Crippen LogP contribution is 2.20. The van der Waals surface area contributed by atoms with Gasteiger partial charge in [-0.15, -0.1) is 6.42 Å². The van der Waals surface area contributed by atoms with E-state index in [0.717, 1.165) is 0 Å². The molecule has 0 radical (unpaired) electrons. The molecule has 0 fully saturated rings. The third-order valence-corrected chi connectivity index (χ3v) is 2.76. The highest BCUT2D eigenvalue weighted by Gasteiger charge is 2.21. The summed E-state index contributed by atoms with van der Waals surface area (Å²) < 4.78 is 10.3. The minimum absolute atomic E-state index is 0.134. The van der Waals surface area contributed by atoms with Gasteiger partial charge in [0.25, 0.3) is 0 Å². The molecule has 0 aliphatic carbocycles. The summed E-state index contributed by atoms with van der Waals surface area (Å²) in [7, 11) is 0. The number of rotatable bonds is 6. The standard InChI is InChI=1S/C17H23NO5/c1-5-10-22-13-8-6-12(7-9-13)15(20)14(19)11-18-16(21)23-17(2,3)4/h1,6-9,14-15,19-20H,10-11H2,2-4H3,(H,18,21). The summed E-state index contributed by atoms with van der Waals surface area (Å²) in [6.45, 7) is 5.24. The summed E-state index contributed by atoms with van der Waals surface area (Å²) in [5, 5.41) is 22.4. The molecule has 0 bridgehead atoms. The number of terminal acetylenes is 1. The number of hydrogen-bond donors (Lipinski definition) is 3. The van der Waals surface area contributed by atoms with Crippen molar-refractivity contribution < 1.29 is 24.5 Å². The summed E-state index contributed by atoms with van der Waals surface area (Å²) in [5.41, 5.74) is -0.126. The molecule has 0 spiro atoms. The first kappa shape index (κ1) is 18.8. The van der Waals surface area contributed by atoms with E-state index in [-0.39, 0.29) is 13.2 Å². The van der Waals surface area contributed by atoms with E-state index in [0.29, 0.717) is 11.3 Å². The summed E-state index contributed by atoms with van der Waals surface area (Å²) in [6, 6.07) is 6.52. The van der Waals surface area contributed by atoms with Gasteiger partial charge in [0.05, 0.1) is 0 Å². The Labute approximate surface area is 136 Å². The number of ether oxygens (including phenoxy) is 2. The summed E-state index contributed by atoms with van der Waals surface area (Å²) in [5.74, 6) is 2.92. The van der Waals surface area contributed by atoms with Crippen LogP contribution in [0.5, 0.6) is 5.75 Å². The maximum atomic E-state index is 11.5. The van der Waals surface area contributed by atoms with Crippen LogP contribution in [0.2, 0.25) is 0 Å². The number of hydrogen-bond acceptors (Lipinski definition) is 5. The van der Waals surface area contributed by atoms with Gasteiger partial charge in [0.15, 0.2) is 0 Å². The van der Waals surface area contributed by atoms with E-state index < -0.39 is 23.9 Å². The summed E-state index contributed by atoms with van der Waals surface area (Å²) in [6.07, 6.45) is 2.13. The van der Waals surface area contributed by atoms with Gasteiger partial charge in [0.2, 0.25) is 0 Å². The van der Waals surface area contributed by atoms with Gasteiger partial charge < -0.3 is 25.0 Å². The average molecular weight is 321 g/mol. The lowest BCUT2D eigenvalue weighted by molar-refractivity contribution is 0.0129. The Morgan fingerprint density at radius 3 is 2.43 bits per heavy atom. The minimum atomic E-state index is -1.17. The lowest BCUT2D eigenvalue weighted by Gasteiger charge is -2.22. The molecule has 0 heterocycles. The van der Waals surface area contributed by atoms with Crippen molar-refractivity contribution in [3.63, 3.8) is 0 Å². The van der Waals surface area contributed by atoms with Gasteiger partial charge >= 0.3 is 6.09 Å². The first-order valence-electron chi connectivity index (χ1n) is 7.22. The molecule has 0 aliphatic heterocycles. The molecule has 2 unspecified atom stereocenters. The van der Waals surface area contributed by atoms with E-state index in [9.17, 15) is 15.0 Å². The van der Waals surface area contributed by atoms with Crippen molar-refractivity contribution in [1.82, 2.24) is 5.32 Å². The van der Waals surface area contributed by atoms with Crippen molar-refractivity contribution in [2.45, 2.75) is 38.6 Å². The van der Waals surface area contributed by atoms with Crippen LogP contribution in [-0.2, 0) is 4.74 Å². The van der Waals surface area contributed by atoms with Crippen molar-refractivity contribution >= 4 is 6.09 Å². The second kappa shape index (κ2) is 8.42. The van der Waals surface area contributed by atoms with E-state index in [4.69, 9.17) is 15.9 Å². The van der Waals surface area contributed by atoms with E-state index in [1.807, 2.05) is 0 Å². The Morgan fingerprint density at radius 1 is 1.30 bits per heavy atom. The van der Waals surface area contributed by atoms with Crippen molar-refractivity contribution in [1.29, 1.82) is 0 Å². The quantitative estimate of drug-likeness (QED) is 0.693. The van der Waals surface area contributed by atoms with Gasteiger partial charge in [-0.3, -0.25) is 0 Å². The number of nitrogens with one attached hydrogen (secondary N) is 1. The van der Waals surface area contributed by atoms with E-state index in [2.05, 4.69) is 11.2 Å². The molecular formula is C17H23NO5. The second-order valence-corrected chi connectivity index (χ2v) is 5.96. The zero-order valence-corrected chi connectivity index (χ0v) is 13.6. The maximum absolute atomic E-state index is 11.5. The Kier molecular flexibility index (Phi) is 6.89. The molecule has 1 rings (SSSR count). The molecule has 2 atom stereocenters. The zero-order chi connectivity index (χ0) is 17.5. The Morgan fingerprint density at radius 2 is 1.91 bits per heavy atom. The Balaban J connectivity index is 2.51. The third kappa shape index (κ3) is 7.04. The molecule has 0 saturated heterocycles. The topological polar surface area (TPSA) is 88.0 Å². The smallest absolute Gasteiger partial charge is 0.407 e. The fourth-order valence-electron chi connectivity index (χ4n) is 1.72. The van der Waals surface area contributed by atoms with Crippen molar-refractivity contribution in [3.05, 3.63) is 29.8 Å². The average Bonchev–Trinajstić information content (AvgIpc) is 2.48. The molecule has 0 saturated carbocycles. The van der Waals surface area contributed by atoms with Crippen LogP contribution in [0.15, 0.2) is 24.3 Å². The second-order valence-electron chi connectivity index (χ2n) is 5.96. The normalized spacial score (nSPS) is 13.6. The van der Waals surface area contributed by atoms with Crippen LogP contribution in [0.25, 0.3) is 0 Å². The molecule has 23 heavy (non-hydrogen) atoms. The SMILES string of the molecule is C#CCOc1ccc(C(O)C(O)CNC(=O)OC(C)(C)C)cc1. The number of carbonyl (C=O) groups excluding carboxylic acids is 1. The molecular weight excluding hydrogens is 298 g/mol. The third-order valence-electron chi connectivity index (χ3n) is 2.76. The first-order chi connectivity index (χ1) is 10.7. The van der Waals surface area contributed by atoms with E-state index in [1.54, 1.807) is 45.0 Å². The molecule has 1 aromatic carbocycles. The van der Waals surface area contributed by atoms with Crippen LogP contribution >= 0.6 is 0 Å². The Bertz CT molecular complexity index is 542. The largest absolute Gasteiger partial charge is 0.481 e. The molecule has 3 N–H and O–H groups in total. The number of aliphatic hydroxyl groups is 2. The lowest BCUT2D eigenvalue weighted by Crippen LogP contribution is -2.38. The molecule has 1 aromatic rings. The zero-order valence-electron chi connectivity index (χ0n) is 13.6. The highest BCUT2D eigenvalue weighted by molar-refractivity contribution is 5.67. The van der Waals surface area contributed by atoms with Gasteiger partial charge in [0.1, 0.15) is 30.2 Å². The van der Waals surface area contributed by atoms with Crippen LogP contribution in [-0.4, -0.2) is 41.2 Å². The minimum Gasteiger partial charge on any atom is -0.481 e. The number of amides is 1. The molecule has 6 heteroatoms. The molecule has 126 valence electrons. The van der Waals surface area contributed by atoms with Crippen LogP contribution in [0, 0.1) is 12.3 Å². The monoisotopic (exact) mass is 321 g/mol. The fourth-order valence-corrected chi connectivity index (χ4v) is 1.72. The first-order valence-corrected chi connectivity index (χ1v) is 7.22. The van der Waals surface area contributed by atoms with E-state index in [1.165, 1.54) is 0 Å². The maximum Gasteiger partial charge on any atom is 0.407 e. The predicted molar refractivity (Wildman–Crippen MR) is 86.0 cm³/mol.